The van der Waals surface area contributed by atoms with Crippen molar-refractivity contribution in [3.05, 3.63) is 131 Å². The molecule has 1 atom stereocenters. The highest BCUT2D eigenvalue weighted by Crippen LogP contribution is 2.37. The lowest BCUT2D eigenvalue weighted by Gasteiger charge is -2.24. The van der Waals surface area contributed by atoms with E-state index in [0.717, 1.165) is 34.0 Å². The third-order valence-electron chi connectivity index (χ3n) is 9.23. The predicted octanol–water partition coefficient (Wildman–Crippen LogP) is 5.93. The van der Waals surface area contributed by atoms with Crippen LogP contribution in [-0.2, 0) is 37.4 Å². The molecule has 1 unspecified atom stereocenters. The maximum absolute atomic E-state index is 13.7. The fourth-order valence-corrected chi connectivity index (χ4v) is 8.13. The molecule has 0 amide bonds. The summed E-state index contributed by atoms with van der Waals surface area (Å²) in [6, 6.07) is 26.0. The fraction of sp³-hybridized carbons (Fsp3) is 0.244. The summed E-state index contributed by atoms with van der Waals surface area (Å²) in [5.74, 6) is 3.06. The highest BCUT2D eigenvalue weighted by molar-refractivity contribution is 7.89. The van der Waals surface area contributed by atoms with Crippen LogP contribution in [0.15, 0.2) is 108 Å². The van der Waals surface area contributed by atoms with Gasteiger partial charge in [-0.05, 0) is 77.7 Å². The molecule has 0 aliphatic carbocycles. The molecule has 3 aromatic heterocycles. The molecule has 0 saturated heterocycles. The number of aryl methyl sites for hydroxylation is 1. The van der Waals surface area contributed by atoms with E-state index in [2.05, 4.69) is 10.3 Å². The quantitative estimate of drug-likeness (QED) is 0.106. The van der Waals surface area contributed by atoms with Crippen LogP contribution in [0.4, 0.5) is 17.5 Å². The minimum absolute atomic E-state index is 0.00620. The second kappa shape index (κ2) is 18.2. The Labute approximate surface area is 344 Å². The number of pyridine rings is 2. The first kappa shape index (κ1) is 42.4. The minimum Gasteiger partial charge on any atom is -0.497 e. The molecule has 16 nitrogen and oxygen atoms in total. The molecule has 0 radical (unpaired) electrons. The first-order valence-corrected chi connectivity index (χ1v) is 21.0. The molecule has 59 heavy (non-hydrogen) atoms. The SMILES string of the molecule is COc1ccc(CN(Cc2ccc(OC)cc2)c2nc(C)nc(-c3cc(C(c4ccc(S(=O)(=O)N(C)C)cc4)S(=O)(=O)OC)cnc3Nc3ccc(OC)nc3)n2)cc1. The second-order valence-electron chi connectivity index (χ2n) is 13.3. The standard InChI is InChI=1S/C41H44N8O8S2/c1-27-44-40(47-41(45-27)49(25-28-8-15-33(54-4)16-9-28)26-29-10-17-34(55-5)18-11-29)36-22-31(23-43-39(36)46-32-14-21-37(56-6)42-24-32)38(59(52,53)57-7)30-12-19-35(20-13-30)58(50,51)48(2)3/h8-24,38H,25-26H2,1-7H3,(H,43,46). The summed E-state index contributed by atoms with van der Waals surface area (Å²) >= 11 is 0. The lowest BCUT2D eigenvalue weighted by Crippen LogP contribution is -2.25. The Balaban J connectivity index is 1.50. The zero-order valence-corrected chi connectivity index (χ0v) is 35.2. The normalized spacial score (nSPS) is 12.2. The molecule has 6 aromatic rings. The van der Waals surface area contributed by atoms with Gasteiger partial charge in [0.05, 0.1) is 50.8 Å². The number of nitrogens with zero attached hydrogens (tertiary/aromatic N) is 7. The molecule has 0 aliphatic rings. The van der Waals surface area contributed by atoms with Crippen LogP contribution in [0.1, 0.15) is 33.3 Å². The van der Waals surface area contributed by atoms with Gasteiger partial charge in [0.1, 0.15) is 28.4 Å². The second-order valence-corrected chi connectivity index (χ2v) is 17.3. The van der Waals surface area contributed by atoms with Crippen molar-refractivity contribution >= 4 is 37.6 Å². The molecule has 6 rings (SSSR count). The Bertz CT molecular complexity index is 2550. The summed E-state index contributed by atoms with van der Waals surface area (Å²) in [5.41, 5.74) is 3.27. The lowest BCUT2D eigenvalue weighted by molar-refractivity contribution is 0.392. The zero-order chi connectivity index (χ0) is 42.3. The molecule has 1 N–H and O–H groups in total. The summed E-state index contributed by atoms with van der Waals surface area (Å²) in [6.07, 6.45) is 2.97. The van der Waals surface area contributed by atoms with Crippen LogP contribution < -0.4 is 24.4 Å². The number of ether oxygens (including phenoxy) is 3. The topological polar surface area (TPSA) is 188 Å². The number of benzene rings is 3. The molecular weight excluding hydrogens is 797 g/mol. The van der Waals surface area contributed by atoms with Gasteiger partial charge in [0, 0.05) is 39.4 Å². The number of nitrogens with one attached hydrogen (secondary N) is 1. The third kappa shape index (κ3) is 9.92. The van der Waals surface area contributed by atoms with Gasteiger partial charge < -0.3 is 24.4 Å². The van der Waals surface area contributed by atoms with Crippen molar-refractivity contribution in [2.75, 3.05) is 52.8 Å². The molecule has 0 spiro atoms. The fourth-order valence-electron chi connectivity index (χ4n) is 6.08. The highest BCUT2D eigenvalue weighted by Gasteiger charge is 2.32. The van der Waals surface area contributed by atoms with Crippen molar-refractivity contribution in [3.63, 3.8) is 0 Å². The zero-order valence-electron chi connectivity index (χ0n) is 33.5. The Morgan fingerprint density at radius 3 is 1.80 bits per heavy atom. The van der Waals surface area contributed by atoms with Gasteiger partial charge in [-0.15, -0.1) is 0 Å². The molecule has 0 aliphatic heterocycles. The average molecular weight is 841 g/mol. The van der Waals surface area contributed by atoms with Gasteiger partial charge in [-0.3, -0.25) is 4.18 Å². The molecule has 3 heterocycles. The number of hydrogen-bond donors (Lipinski definition) is 1. The number of aromatic nitrogens is 5. The van der Waals surface area contributed by atoms with Crippen LogP contribution in [0, 0.1) is 6.92 Å². The first-order valence-electron chi connectivity index (χ1n) is 18.1. The molecule has 18 heteroatoms. The van der Waals surface area contributed by atoms with E-state index in [0.29, 0.717) is 42.0 Å². The van der Waals surface area contributed by atoms with E-state index in [1.165, 1.54) is 51.7 Å². The molecule has 0 fully saturated rings. The smallest absolute Gasteiger partial charge is 0.278 e. The van der Waals surface area contributed by atoms with Crippen LogP contribution in [-0.4, -0.2) is 88.6 Å². The van der Waals surface area contributed by atoms with Crippen LogP contribution in [0.5, 0.6) is 17.4 Å². The van der Waals surface area contributed by atoms with Crippen LogP contribution in [0.25, 0.3) is 11.4 Å². The number of rotatable bonds is 17. The number of sulfonamides is 1. The molecule has 0 bridgehead atoms. The van der Waals surface area contributed by atoms with E-state index in [1.807, 2.05) is 53.4 Å². The number of anilines is 3. The lowest BCUT2D eigenvalue weighted by atomic mass is 10.0. The summed E-state index contributed by atoms with van der Waals surface area (Å²) in [6.45, 7) is 2.56. The molecule has 0 saturated carbocycles. The van der Waals surface area contributed by atoms with Gasteiger partial charge >= 0.3 is 0 Å². The van der Waals surface area contributed by atoms with Gasteiger partial charge in [0.2, 0.25) is 21.9 Å². The van der Waals surface area contributed by atoms with Crippen molar-refractivity contribution < 1.29 is 35.2 Å². The number of hydrogen-bond acceptors (Lipinski definition) is 15. The predicted molar refractivity (Wildman–Crippen MR) is 223 cm³/mol. The number of methoxy groups -OCH3 is 3. The van der Waals surface area contributed by atoms with Crippen molar-refractivity contribution in [2.24, 2.45) is 0 Å². The van der Waals surface area contributed by atoms with Crippen LogP contribution in [0.3, 0.4) is 0 Å². The summed E-state index contributed by atoms with van der Waals surface area (Å²) in [5, 5.41) is 1.85. The average Bonchev–Trinajstić information content (AvgIpc) is 3.24. The van der Waals surface area contributed by atoms with Gasteiger partial charge in [0.15, 0.2) is 5.82 Å². The highest BCUT2D eigenvalue weighted by atomic mass is 32.2. The van der Waals surface area contributed by atoms with E-state index in [1.54, 1.807) is 45.5 Å². The monoisotopic (exact) mass is 840 g/mol. The van der Waals surface area contributed by atoms with E-state index in [9.17, 15) is 16.8 Å². The molecular formula is C41H44N8O8S2. The summed E-state index contributed by atoms with van der Waals surface area (Å²) in [4.78, 5) is 25.5. The maximum Gasteiger partial charge on any atom is 0.278 e. The van der Waals surface area contributed by atoms with Crippen molar-refractivity contribution in [2.45, 2.75) is 30.2 Å². The maximum atomic E-state index is 13.7. The molecule has 308 valence electrons. The van der Waals surface area contributed by atoms with Crippen LogP contribution in [0.2, 0.25) is 0 Å². The van der Waals surface area contributed by atoms with Gasteiger partial charge in [-0.25, -0.2) is 27.7 Å². The van der Waals surface area contributed by atoms with Crippen LogP contribution >= 0.6 is 0 Å². The van der Waals surface area contributed by atoms with Crippen molar-refractivity contribution in [1.29, 1.82) is 0 Å². The minimum atomic E-state index is -4.34. The third-order valence-corrected chi connectivity index (χ3v) is 12.6. The van der Waals surface area contributed by atoms with E-state index in [-0.39, 0.29) is 27.7 Å². The van der Waals surface area contributed by atoms with Gasteiger partial charge in [-0.1, -0.05) is 36.4 Å². The van der Waals surface area contributed by atoms with E-state index in [4.69, 9.17) is 38.3 Å². The van der Waals surface area contributed by atoms with Gasteiger partial charge in [-0.2, -0.15) is 18.4 Å². The van der Waals surface area contributed by atoms with E-state index >= 15 is 0 Å². The van der Waals surface area contributed by atoms with E-state index < -0.39 is 25.4 Å². The molecule has 3 aromatic carbocycles. The van der Waals surface area contributed by atoms with Gasteiger partial charge in [0.25, 0.3) is 10.1 Å². The Kier molecular flexibility index (Phi) is 13.0. The Morgan fingerprint density at radius 1 is 0.678 bits per heavy atom. The largest absolute Gasteiger partial charge is 0.497 e. The van der Waals surface area contributed by atoms with Crippen molar-refractivity contribution in [3.8, 4) is 28.8 Å². The first-order chi connectivity index (χ1) is 28.2. The Morgan fingerprint density at radius 2 is 1.29 bits per heavy atom. The summed E-state index contributed by atoms with van der Waals surface area (Å²) in [7, 11) is 0.501. The summed E-state index contributed by atoms with van der Waals surface area (Å²) < 4.78 is 75.3. The Hall–Kier alpha value is -6.21. The van der Waals surface area contributed by atoms with Crippen molar-refractivity contribution in [1.82, 2.24) is 29.2 Å².